The first kappa shape index (κ1) is 16.1. The maximum Gasteiger partial charge on any atom is 0.223 e. The van der Waals surface area contributed by atoms with Gasteiger partial charge in [-0.1, -0.05) is 37.3 Å². The molecule has 2 aromatic carbocycles. The number of likely N-dealkylation sites (tertiary alicyclic amines) is 1. The molecule has 2 aliphatic heterocycles. The highest BCUT2D eigenvalue weighted by Gasteiger charge is 2.36. The Labute approximate surface area is 147 Å². The fraction of sp³-hybridized carbons (Fsp3) is 0.381. The van der Waals surface area contributed by atoms with Gasteiger partial charge in [-0.2, -0.15) is 0 Å². The lowest BCUT2D eigenvalue weighted by molar-refractivity contribution is -0.130. The maximum atomic E-state index is 14.3. The van der Waals surface area contributed by atoms with Crippen LogP contribution in [0.4, 0.5) is 10.1 Å². The van der Waals surface area contributed by atoms with Gasteiger partial charge in [0.25, 0.3) is 0 Å². The van der Waals surface area contributed by atoms with Gasteiger partial charge in [-0.25, -0.2) is 4.39 Å². The average Bonchev–Trinajstić information content (AvgIpc) is 3.06. The van der Waals surface area contributed by atoms with Crippen LogP contribution in [0.1, 0.15) is 55.0 Å². The number of anilines is 1. The van der Waals surface area contributed by atoms with Crippen molar-refractivity contribution in [3.63, 3.8) is 0 Å². The van der Waals surface area contributed by atoms with Crippen molar-refractivity contribution < 1.29 is 9.18 Å². The lowest BCUT2D eigenvalue weighted by atomic mass is 9.87. The molecule has 0 spiro atoms. The van der Waals surface area contributed by atoms with Crippen LogP contribution in [-0.4, -0.2) is 17.4 Å². The Morgan fingerprint density at radius 1 is 1.20 bits per heavy atom. The number of aryl methyl sites for hydroxylation is 1. The van der Waals surface area contributed by atoms with Crippen molar-refractivity contribution in [3.05, 3.63) is 65.0 Å². The standard InChI is InChI=1S/C21H23FN2O/c1-2-14-9-10-18-16(12-14)20(24-11-5-8-21(24)25)13-19(23-18)15-6-3-4-7-17(15)22/h3-4,6-7,9-10,12,19-20,23H,2,5,8,11,13H2,1H3. The fourth-order valence-electron chi connectivity index (χ4n) is 4.09. The molecule has 2 unspecified atom stereocenters. The number of carbonyl (C=O) groups excluding carboxylic acids is 1. The molecule has 0 radical (unpaired) electrons. The molecule has 1 saturated heterocycles. The van der Waals surface area contributed by atoms with E-state index in [4.69, 9.17) is 0 Å². The summed E-state index contributed by atoms with van der Waals surface area (Å²) < 4.78 is 14.3. The number of hydrogen-bond donors (Lipinski definition) is 1. The van der Waals surface area contributed by atoms with Crippen LogP contribution in [0.3, 0.4) is 0 Å². The SMILES string of the molecule is CCc1ccc2c(c1)C(N1CCCC1=O)CC(c1ccccc1F)N2. The zero-order valence-corrected chi connectivity index (χ0v) is 14.5. The molecule has 0 bridgehead atoms. The summed E-state index contributed by atoms with van der Waals surface area (Å²) in [4.78, 5) is 14.4. The molecule has 0 aliphatic carbocycles. The van der Waals surface area contributed by atoms with Crippen molar-refractivity contribution >= 4 is 11.6 Å². The highest BCUT2D eigenvalue weighted by molar-refractivity contribution is 5.79. The van der Waals surface area contributed by atoms with Gasteiger partial charge < -0.3 is 10.2 Å². The summed E-state index contributed by atoms with van der Waals surface area (Å²) in [6, 6.07) is 13.2. The Morgan fingerprint density at radius 2 is 2.04 bits per heavy atom. The molecular weight excluding hydrogens is 315 g/mol. The van der Waals surface area contributed by atoms with E-state index in [2.05, 4.69) is 30.4 Å². The summed E-state index contributed by atoms with van der Waals surface area (Å²) in [5, 5.41) is 3.50. The lowest BCUT2D eigenvalue weighted by Crippen LogP contribution is -2.35. The molecule has 4 rings (SSSR count). The maximum absolute atomic E-state index is 14.3. The second kappa shape index (κ2) is 6.51. The van der Waals surface area contributed by atoms with Crippen molar-refractivity contribution in [2.24, 2.45) is 0 Å². The minimum absolute atomic E-state index is 0.0161. The molecule has 1 fully saturated rings. The summed E-state index contributed by atoms with van der Waals surface area (Å²) in [6.07, 6.45) is 3.20. The molecule has 0 aromatic heterocycles. The third kappa shape index (κ3) is 2.90. The van der Waals surface area contributed by atoms with Crippen LogP contribution in [0, 0.1) is 5.82 Å². The number of amides is 1. The quantitative estimate of drug-likeness (QED) is 0.886. The first-order valence-corrected chi connectivity index (χ1v) is 9.10. The van der Waals surface area contributed by atoms with Crippen LogP contribution in [0.25, 0.3) is 0 Å². The first-order valence-electron chi connectivity index (χ1n) is 9.10. The number of nitrogens with one attached hydrogen (secondary N) is 1. The second-order valence-electron chi connectivity index (χ2n) is 6.94. The van der Waals surface area contributed by atoms with Gasteiger partial charge in [0.15, 0.2) is 0 Å². The molecule has 2 atom stereocenters. The molecule has 4 heteroatoms. The largest absolute Gasteiger partial charge is 0.378 e. The Balaban J connectivity index is 1.76. The van der Waals surface area contributed by atoms with Crippen LogP contribution in [0.15, 0.2) is 42.5 Å². The van der Waals surface area contributed by atoms with Crippen molar-refractivity contribution in [1.82, 2.24) is 4.90 Å². The second-order valence-corrected chi connectivity index (χ2v) is 6.94. The summed E-state index contributed by atoms with van der Waals surface area (Å²) in [5.74, 6) is 0.0205. The van der Waals surface area contributed by atoms with Crippen molar-refractivity contribution in [3.8, 4) is 0 Å². The van der Waals surface area contributed by atoms with Crippen LogP contribution < -0.4 is 5.32 Å². The molecule has 2 aliphatic rings. The third-order valence-corrected chi connectivity index (χ3v) is 5.44. The Kier molecular flexibility index (Phi) is 4.20. The van der Waals surface area contributed by atoms with E-state index in [0.29, 0.717) is 18.4 Å². The number of halogens is 1. The van der Waals surface area contributed by atoms with Crippen LogP contribution in [0.5, 0.6) is 0 Å². The predicted octanol–water partition coefficient (Wildman–Crippen LogP) is 4.61. The predicted molar refractivity (Wildman–Crippen MR) is 96.9 cm³/mol. The summed E-state index contributed by atoms with van der Waals surface area (Å²) in [7, 11) is 0. The van der Waals surface area contributed by atoms with Crippen molar-refractivity contribution in [1.29, 1.82) is 0 Å². The van der Waals surface area contributed by atoms with Gasteiger partial charge >= 0.3 is 0 Å². The topological polar surface area (TPSA) is 32.3 Å². The molecule has 0 saturated carbocycles. The highest BCUT2D eigenvalue weighted by Crippen LogP contribution is 2.44. The number of carbonyl (C=O) groups is 1. The lowest BCUT2D eigenvalue weighted by Gasteiger charge is -2.38. The number of fused-ring (bicyclic) bond motifs is 1. The van der Waals surface area contributed by atoms with Gasteiger partial charge in [0.05, 0.1) is 12.1 Å². The van der Waals surface area contributed by atoms with E-state index in [1.54, 1.807) is 6.07 Å². The Hall–Kier alpha value is -2.36. The number of benzene rings is 2. The molecule has 3 nitrogen and oxygen atoms in total. The number of nitrogens with zero attached hydrogens (tertiary/aromatic N) is 1. The zero-order valence-electron chi connectivity index (χ0n) is 14.5. The molecular formula is C21H23FN2O. The van der Waals surface area contributed by atoms with E-state index < -0.39 is 0 Å². The van der Waals surface area contributed by atoms with Crippen LogP contribution >= 0.6 is 0 Å². The number of hydrogen-bond acceptors (Lipinski definition) is 2. The van der Waals surface area contributed by atoms with E-state index in [1.807, 2.05) is 17.0 Å². The van der Waals surface area contributed by atoms with E-state index >= 15 is 0 Å². The molecule has 1 amide bonds. The van der Waals surface area contributed by atoms with Gasteiger partial charge in [-0.3, -0.25) is 4.79 Å². The van der Waals surface area contributed by atoms with E-state index in [-0.39, 0.29) is 23.8 Å². The summed E-state index contributed by atoms with van der Waals surface area (Å²) >= 11 is 0. The molecule has 1 N–H and O–H groups in total. The summed E-state index contributed by atoms with van der Waals surface area (Å²) in [6.45, 7) is 2.93. The zero-order chi connectivity index (χ0) is 17.4. The van der Waals surface area contributed by atoms with Crippen molar-refractivity contribution in [2.75, 3.05) is 11.9 Å². The summed E-state index contributed by atoms with van der Waals surface area (Å²) in [5.41, 5.74) is 4.12. The van der Waals surface area contributed by atoms with E-state index in [0.717, 1.165) is 25.1 Å². The highest BCUT2D eigenvalue weighted by atomic mass is 19.1. The minimum atomic E-state index is -0.194. The van der Waals surface area contributed by atoms with Gasteiger partial charge in [0, 0.05) is 24.2 Å². The molecule has 130 valence electrons. The Morgan fingerprint density at radius 3 is 2.76 bits per heavy atom. The Bertz CT molecular complexity index is 804. The molecule has 2 aromatic rings. The molecule has 2 heterocycles. The van der Waals surface area contributed by atoms with E-state index in [1.165, 1.54) is 17.2 Å². The van der Waals surface area contributed by atoms with Gasteiger partial charge in [-0.15, -0.1) is 0 Å². The van der Waals surface area contributed by atoms with Crippen molar-refractivity contribution in [2.45, 2.75) is 44.7 Å². The number of rotatable bonds is 3. The fourth-order valence-corrected chi connectivity index (χ4v) is 4.09. The molecule has 25 heavy (non-hydrogen) atoms. The van der Waals surface area contributed by atoms with Crippen LogP contribution in [-0.2, 0) is 11.2 Å². The normalized spacial score (nSPS) is 22.6. The van der Waals surface area contributed by atoms with Crippen LogP contribution in [0.2, 0.25) is 0 Å². The smallest absolute Gasteiger partial charge is 0.223 e. The average molecular weight is 338 g/mol. The monoisotopic (exact) mass is 338 g/mol. The minimum Gasteiger partial charge on any atom is -0.378 e. The van der Waals surface area contributed by atoms with Gasteiger partial charge in [0.1, 0.15) is 5.82 Å². The van der Waals surface area contributed by atoms with Gasteiger partial charge in [0.2, 0.25) is 5.91 Å². The first-order chi connectivity index (χ1) is 12.2. The van der Waals surface area contributed by atoms with E-state index in [9.17, 15) is 9.18 Å². The third-order valence-electron chi connectivity index (χ3n) is 5.44. The van der Waals surface area contributed by atoms with Gasteiger partial charge in [-0.05, 0) is 42.5 Å².